The summed E-state index contributed by atoms with van der Waals surface area (Å²) in [6, 6.07) is 2.33. The van der Waals surface area contributed by atoms with Gasteiger partial charge in [-0.2, -0.15) is 0 Å². The van der Waals surface area contributed by atoms with Crippen LogP contribution in [0.25, 0.3) is 0 Å². The van der Waals surface area contributed by atoms with E-state index in [1.165, 1.54) is 12.1 Å². The van der Waals surface area contributed by atoms with Gasteiger partial charge < -0.3 is 20.5 Å². The van der Waals surface area contributed by atoms with Crippen LogP contribution in [0.1, 0.15) is 6.92 Å². The summed E-state index contributed by atoms with van der Waals surface area (Å²) in [6.07, 6.45) is 0. The number of carbonyl (C=O) groups is 1. The zero-order chi connectivity index (χ0) is 14.0. The molecule has 1 atom stereocenters. The number of hydrogen-bond acceptors (Lipinski definition) is 6. The third kappa shape index (κ3) is 2.74. The number of fused-ring (bicyclic) bond motifs is 1. The Bertz CT molecular complexity index is 531. The van der Waals surface area contributed by atoms with Gasteiger partial charge in [-0.1, -0.05) is 0 Å². The molecule has 8 nitrogen and oxygen atoms in total. The number of nitrogens with zero attached hydrogens (tertiary/aromatic N) is 1. The number of nitro groups is 1. The lowest BCUT2D eigenvalue weighted by atomic mass is 10.2. The summed E-state index contributed by atoms with van der Waals surface area (Å²) in [5, 5.41) is 25.4. The molecule has 1 aliphatic rings. The topological polar surface area (TPSA) is 114 Å². The number of aliphatic hydroxyl groups excluding tert-OH is 1. The van der Waals surface area contributed by atoms with Crippen molar-refractivity contribution in [3.05, 3.63) is 22.2 Å². The first kappa shape index (κ1) is 13.1. The van der Waals surface area contributed by atoms with Gasteiger partial charge in [0, 0.05) is 6.04 Å². The SMILES string of the molecule is CC(CO)Nc1cc2c(cc1[N+](=O)[O-])OCC(=O)N2. The Morgan fingerprint density at radius 3 is 3.00 bits per heavy atom. The van der Waals surface area contributed by atoms with Crippen LogP contribution in [0.4, 0.5) is 17.1 Å². The van der Waals surface area contributed by atoms with Crippen LogP contribution in [0.2, 0.25) is 0 Å². The molecule has 1 unspecified atom stereocenters. The smallest absolute Gasteiger partial charge is 0.296 e. The van der Waals surface area contributed by atoms with Crippen molar-refractivity contribution in [1.82, 2.24) is 0 Å². The van der Waals surface area contributed by atoms with E-state index in [0.717, 1.165) is 0 Å². The van der Waals surface area contributed by atoms with Crippen LogP contribution in [0.15, 0.2) is 12.1 Å². The maximum atomic E-state index is 11.2. The van der Waals surface area contributed by atoms with Gasteiger partial charge in [-0.25, -0.2) is 0 Å². The van der Waals surface area contributed by atoms with E-state index in [0.29, 0.717) is 5.69 Å². The number of rotatable bonds is 4. The van der Waals surface area contributed by atoms with Crippen LogP contribution in [-0.2, 0) is 4.79 Å². The van der Waals surface area contributed by atoms with Gasteiger partial charge in [0.05, 0.1) is 23.3 Å². The molecule has 0 bridgehead atoms. The van der Waals surface area contributed by atoms with Gasteiger partial charge >= 0.3 is 0 Å². The van der Waals surface area contributed by atoms with Gasteiger partial charge in [0.2, 0.25) is 0 Å². The van der Waals surface area contributed by atoms with Gasteiger partial charge in [-0.15, -0.1) is 0 Å². The predicted octanol–water partition coefficient (Wildman–Crippen LogP) is 0.718. The monoisotopic (exact) mass is 267 g/mol. The molecule has 0 radical (unpaired) electrons. The van der Waals surface area contributed by atoms with E-state index < -0.39 is 4.92 Å². The number of carbonyl (C=O) groups excluding carboxylic acids is 1. The summed E-state index contributed by atoms with van der Waals surface area (Å²) in [4.78, 5) is 21.7. The second kappa shape index (κ2) is 5.11. The minimum Gasteiger partial charge on any atom is -0.481 e. The molecule has 1 amide bonds. The molecular weight excluding hydrogens is 254 g/mol. The summed E-state index contributed by atoms with van der Waals surface area (Å²) >= 11 is 0. The molecule has 0 spiro atoms. The highest BCUT2D eigenvalue weighted by molar-refractivity contribution is 5.96. The normalized spacial score (nSPS) is 14.9. The molecule has 3 N–H and O–H groups in total. The lowest BCUT2D eigenvalue weighted by Crippen LogP contribution is -2.26. The first-order valence-electron chi connectivity index (χ1n) is 5.63. The summed E-state index contributed by atoms with van der Waals surface area (Å²) in [7, 11) is 0. The molecule has 0 saturated carbocycles. The summed E-state index contributed by atoms with van der Waals surface area (Å²) in [6.45, 7) is 1.35. The van der Waals surface area contributed by atoms with E-state index in [1.807, 2.05) is 0 Å². The fraction of sp³-hybridized carbons (Fsp3) is 0.364. The summed E-state index contributed by atoms with van der Waals surface area (Å²) in [5.74, 6) is -0.0592. The third-order valence-electron chi connectivity index (χ3n) is 2.60. The van der Waals surface area contributed by atoms with Crippen LogP contribution in [0.5, 0.6) is 5.75 Å². The van der Waals surface area contributed by atoms with Crippen molar-refractivity contribution >= 4 is 23.0 Å². The van der Waals surface area contributed by atoms with E-state index in [9.17, 15) is 14.9 Å². The molecular formula is C11H13N3O5. The number of benzene rings is 1. The molecule has 2 rings (SSSR count). The molecule has 1 aliphatic heterocycles. The molecule has 1 heterocycles. The molecule has 1 aromatic carbocycles. The fourth-order valence-corrected chi connectivity index (χ4v) is 1.69. The van der Waals surface area contributed by atoms with E-state index in [2.05, 4.69) is 10.6 Å². The Balaban J connectivity index is 2.42. The van der Waals surface area contributed by atoms with Crippen LogP contribution in [-0.4, -0.2) is 35.2 Å². The van der Waals surface area contributed by atoms with Crippen molar-refractivity contribution in [3.63, 3.8) is 0 Å². The van der Waals surface area contributed by atoms with Crippen molar-refractivity contribution in [3.8, 4) is 5.75 Å². The average molecular weight is 267 g/mol. The van der Waals surface area contributed by atoms with E-state index in [1.54, 1.807) is 6.92 Å². The molecule has 0 aromatic heterocycles. The predicted molar refractivity (Wildman–Crippen MR) is 67.4 cm³/mol. The lowest BCUT2D eigenvalue weighted by molar-refractivity contribution is -0.384. The standard InChI is InChI=1S/C11H13N3O5/c1-6(4-15)12-7-2-8-10(3-9(7)14(17)18)19-5-11(16)13-8/h2-3,6,12,15H,4-5H2,1H3,(H,13,16). The highest BCUT2D eigenvalue weighted by Crippen LogP contribution is 2.37. The molecule has 0 fully saturated rings. The van der Waals surface area contributed by atoms with Gasteiger partial charge in [-0.3, -0.25) is 14.9 Å². The van der Waals surface area contributed by atoms with E-state index in [-0.39, 0.29) is 42.3 Å². The Kier molecular flexibility index (Phi) is 3.52. The number of aliphatic hydroxyl groups is 1. The van der Waals surface area contributed by atoms with Crippen molar-refractivity contribution in [1.29, 1.82) is 0 Å². The van der Waals surface area contributed by atoms with Crippen LogP contribution >= 0.6 is 0 Å². The van der Waals surface area contributed by atoms with Crippen LogP contribution in [0.3, 0.4) is 0 Å². The van der Waals surface area contributed by atoms with E-state index in [4.69, 9.17) is 9.84 Å². The summed E-state index contributed by atoms with van der Waals surface area (Å²) in [5.41, 5.74) is 0.417. The van der Waals surface area contributed by atoms with Gasteiger partial charge in [-0.05, 0) is 13.0 Å². The number of anilines is 2. The van der Waals surface area contributed by atoms with Gasteiger partial charge in [0.1, 0.15) is 5.69 Å². The minimum absolute atomic E-state index is 0.163. The zero-order valence-corrected chi connectivity index (χ0v) is 10.2. The average Bonchev–Trinajstić information content (AvgIpc) is 2.37. The second-order valence-electron chi connectivity index (χ2n) is 4.19. The molecule has 8 heteroatoms. The number of ether oxygens (including phenoxy) is 1. The number of hydrogen-bond donors (Lipinski definition) is 3. The minimum atomic E-state index is -0.549. The zero-order valence-electron chi connectivity index (χ0n) is 10.2. The summed E-state index contributed by atoms with van der Waals surface area (Å²) < 4.78 is 5.12. The number of amides is 1. The largest absolute Gasteiger partial charge is 0.481 e. The highest BCUT2D eigenvalue weighted by atomic mass is 16.6. The molecule has 19 heavy (non-hydrogen) atoms. The number of nitrogens with one attached hydrogen (secondary N) is 2. The van der Waals surface area contributed by atoms with Crippen molar-refractivity contribution in [2.45, 2.75) is 13.0 Å². The fourth-order valence-electron chi connectivity index (χ4n) is 1.69. The van der Waals surface area contributed by atoms with Gasteiger partial charge in [0.15, 0.2) is 12.4 Å². The molecule has 102 valence electrons. The Labute approximate surface area is 108 Å². The van der Waals surface area contributed by atoms with Crippen molar-refractivity contribution in [2.24, 2.45) is 0 Å². The van der Waals surface area contributed by atoms with Gasteiger partial charge in [0.25, 0.3) is 11.6 Å². The Morgan fingerprint density at radius 1 is 1.63 bits per heavy atom. The second-order valence-corrected chi connectivity index (χ2v) is 4.19. The van der Waals surface area contributed by atoms with Crippen molar-refractivity contribution in [2.75, 3.05) is 23.8 Å². The number of nitro benzene ring substituents is 1. The maximum absolute atomic E-state index is 11.2. The first-order valence-corrected chi connectivity index (χ1v) is 5.63. The van der Waals surface area contributed by atoms with E-state index >= 15 is 0 Å². The lowest BCUT2D eigenvalue weighted by Gasteiger charge is -2.20. The molecule has 0 saturated heterocycles. The quantitative estimate of drug-likeness (QED) is 0.547. The Morgan fingerprint density at radius 2 is 2.37 bits per heavy atom. The first-order chi connectivity index (χ1) is 9.01. The highest BCUT2D eigenvalue weighted by Gasteiger charge is 2.24. The van der Waals surface area contributed by atoms with Crippen molar-refractivity contribution < 1.29 is 19.6 Å². The van der Waals surface area contributed by atoms with Crippen LogP contribution in [0, 0.1) is 10.1 Å². The molecule has 1 aromatic rings. The Hall–Kier alpha value is -2.35. The van der Waals surface area contributed by atoms with Crippen LogP contribution < -0.4 is 15.4 Å². The molecule has 0 aliphatic carbocycles. The maximum Gasteiger partial charge on any atom is 0.296 e. The third-order valence-corrected chi connectivity index (χ3v) is 2.60.